The van der Waals surface area contributed by atoms with Crippen molar-refractivity contribution in [2.24, 2.45) is 0 Å². The van der Waals surface area contributed by atoms with Crippen LogP contribution in [-0.2, 0) is 4.79 Å². The summed E-state index contributed by atoms with van der Waals surface area (Å²) in [5, 5.41) is 0. The third kappa shape index (κ3) is 1.94. The smallest absolute Gasteiger partial charge is 0.223 e. The van der Waals surface area contributed by atoms with Gasteiger partial charge in [-0.15, -0.1) is 0 Å². The summed E-state index contributed by atoms with van der Waals surface area (Å²) in [6, 6.07) is 1.08. The second-order valence-electron chi connectivity index (χ2n) is 4.83. The SMILES string of the molecule is CC1CCC(=O)N1C1CCCCCC1. The van der Waals surface area contributed by atoms with Crippen molar-refractivity contribution in [1.29, 1.82) is 0 Å². The van der Waals surface area contributed by atoms with Gasteiger partial charge < -0.3 is 4.90 Å². The Morgan fingerprint density at radius 3 is 2.21 bits per heavy atom. The molecular formula is C12H21NO. The third-order valence-corrected chi connectivity index (χ3v) is 3.76. The van der Waals surface area contributed by atoms with Crippen LogP contribution in [0.2, 0.25) is 0 Å². The van der Waals surface area contributed by atoms with Crippen LogP contribution in [0.3, 0.4) is 0 Å². The fourth-order valence-electron chi connectivity index (χ4n) is 2.95. The van der Waals surface area contributed by atoms with Crippen molar-refractivity contribution in [2.45, 2.75) is 70.4 Å². The van der Waals surface area contributed by atoms with Gasteiger partial charge >= 0.3 is 0 Å². The molecule has 1 aliphatic heterocycles. The van der Waals surface area contributed by atoms with Gasteiger partial charge in [0.25, 0.3) is 0 Å². The minimum atomic E-state index is 0.407. The van der Waals surface area contributed by atoms with Crippen LogP contribution in [0.4, 0.5) is 0 Å². The molecule has 1 aliphatic carbocycles. The lowest BCUT2D eigenvalue weighted by Crippen LogP contribution is -2.40. The molecule has 1 atom stereocenters. The number of nitrogens with zero attached hydrogens (tertiary/aromatic N) is 1. The molecule has 0 N–H and O–H groups in total. The maximum absolute atomic E-state index is 11.7. The number of amides is 1. The maximum Gasteiger partial charge on any atom is 0.223 e. The zero-order valence-corrected chi connectivity index (χ0v) is 9.17. The second-order valence-corrected chi connectivity index (χ2v) is 4.83. The van der Waals surface area contributed by atoms with E-state index >= 15 is 0 Å². The number of carbonyl (C=O) groups excluding carboxylic acids is 1. The molecule has 1 saturated carbocycles. The van der Waals surface area contributed by atoms with E-state index in [1.54, 1.807) is 0 Å². The Kier molecular flexibility index (Phi) is 3.09. The molecule has 1 saturated heterocycles. The van der Waals surface area contributed by atoms with Gasteiger partial charge in [0.2, 0.25) is 5.91 Å². The molecule has 2 rings (SSSR count). The average Bonchev–Trinajstić information content (AvgIpc) is 2.45. The molecule has 2 heteroatoms. The highest BCUT2D eigenvalue weighted by atomic mass is 16.2. The predicted molar refractivity (Wildman–Crippen MR) is 57.0 cm³/mol. The van der Waals surface area contributed by atoms with E-state index in [1.165, 1.54) is 38.5 Å². The van der Waals surface area contributed by atoms with Gasteiger partial charge in [-0.05, 0) is 26.2 Å². The zero-order valence-electron chi connectivity index (χ0n) is 9.17. The van der Waals surface area contributed by atoms with E-state index in [9.17, 15) is 4.79 Å². The lowest BCUT2D eigenvalue weighted by atomic mass is 10.1. The van der Waals surface area contributed by atoms with E-state index in [4.69, 9.17) is 0 Å². The third-order valence-electron chi connectivity index (χ3n) is 3.76. The topological polar surface area (TPSA) is 20.3 Å². The fourth-order valence-corrected chi connectivity index (χ4v) is 2.95. The first-order valence-corrected chi connectivity index (χ1v) is 6.10. The van der Waals surface area contributed by atoms with Gasteiger partial charge in [-0.1, -0.05) is 25.7 Å². The maximum atomic E-state index is 11.7. The summed E-state index contributed by atoms with van der Waals surface area (Å²) in [4.78, 5) is 13.9. The summed E-state index contributed by atoms with van der Waals surface area (Å²) >= 11 is 0. The van der Waals surface area contributed by atoms with Crippen LogP contribution in [0.1, 0.15) is 58.3 Å². The Hall–Kier alpha value is -0.530. The first-order valence-electron chi connectivity index (χ1n) is 6.10. The van der Waals surface area contributed by atoms with Gasteiger partial charge in [0.05, 0.1) is 0 Å². The van der Waals surface area contributed by atoms with Gasteiger partial charge in [0, 0.05) is 18.5 Å². The summed E-state index contributed by atoms with van der Waals surface area (Å²) in [6.45, 7) is 2.20. The lowest BCUT2D eigenvalue weighted by molar-refractivity contribution is -0.131. The monoisotopic (exact) mass is 195 g/mol. The van der Waals surface area contributed by atoms with Crippen molar-refractivity contribution in [1.82, 2.24) is 4.90 Å². The standard InChI is InChI=1S/C12H21NO/c1-10-8-9-12(14)13(10)11-6-4-2-3-5-7-11/h10-11H,2-9H2,1H3. The first-order chi connectivity index (χ1) is 6.79. The Morgan fingerprint density at radius 1 is 1.07 bits per heavy atom. The molecule has 0 aromatic carbocycles. The van der Waals surface area contributed by atoms with Gasteiger partial charge in [0.15, 0.2) is 0 Å². The van der Waals surface area contributed by atoms with Crippen LogP contribution < -0.4 is 0 Å². The van der Waals surface area contributed by atoms with Gasteiger partial charge in [0.1, 0.15) is 0 Å². The average molecular weight is 195 g/mol. The van der Waals surface area contributed by atoms with Crippen molar-refractivity contribution in [3.8, 4) is 0 Å². The van der Waals surface area contributed by atoms with Crippen molar-refractivity contribution in [2.75, 3.05) is 0 Å². The number of hydrogen-bond donors (Lipinski definition) is 0. The Labute approximate surface area is 86.7 Å². The van der Waals surface area contributed by atoms with E-state index in [0.717, 1.165) is 12.8 Å². The van der Waals surface area contributed by atoms with Crippen LogP contribution in [-0.4, -0.2) is 22.9 Å². The predicted octanol–water partition coefficient (Wildman–Crippen LogP) is 2.72. The molecular weight excluding hydrogens is 174 g/mol. The molecule has 1 amide bonds. The molecule has 1 unspecified atom stereocenters. The molecule has 2 aliphatic rings. The summed E-state index contributed by atoms with van der Waals surface area (Å²) in [6.07, 6.45) is 9.74. The van der Waals surface area contributed by atoms with Crippen LogP contribution in [0.15, 0.2) is 0 Å². The van der Waals surface area contributed by atoms with Crippen molar-refractivity contribution >= 4 is 5.91 Å². The lowest BCUT2D eigenvalue weighted by Gasteiger charge is -2.31. The molecule has 14 heavy (non-hydrogen) atoms. The van der Waals surface area contributed by atoms with Crippen LogP contribution >= 0.6 is 0 Å². The van der Waals surface area contributed by atoms with Gasteiger partial charge in [-0.2, -0.15) is 0 Å². The van der Waals surface area contributed by atoms with E-state index in [-0.39, 0.29) is 0 Å². The van der Waals surface area contributed by atoms with E-state index < -0.39 is 0 Å². The number of likely N-dealkylation sites (tertiary alicyclic amines) is 1. The molecule has 80 valence electrons. The van der Waals surface area contributed by atoms with Crippen molar-refractivity contribution in [3.05, 3.63) is 0 Å². The van der Waals surface area contributed by atoms with Crippen LogP contribution in [0, 0.1) is 0 Å². The molecule has 0 bridgehead atoms. The largest absolute Gasteiger partial charge is 0.337 e. The van der Waals surface area contributed by atoms with Crippen LogP contribution in [0.25, 0.3) is 0 Å². The highest BCUT2D eigenvalue weighted by Crippen LogP contribution is 2.28. The fraction of sp³-hybridized carbons (Fsp3) is 0.917. The molecule has 2 fully saturated rings. The molecule has 0 radical (unpaired) electrons. The zero-order chi connectivity index (χ0) is 9.97. The quantitative estimate of drug-likeness (QED) is 0.589. The van der Waals surface area contributed by atoms with Crippen molar-refractivity contribution < 1.29 is 4.79 Å². The normalized spacial score (nSPS) is 30.8. The molecule has 0 spiro atoms. The van der Waals surface area contributed by atoms with Crippen molar-refractivity contribution in [3.63, 3.8) is 0 Å². The van der Waals surface area contributed by atoms with E-state index in [0.29, 0.717) is 18.0 Å². The highest BCUT2D eigenvalue weighted by Gasteiger charge is 2.33. The summed E-state index contributed by atoms with van der Waals surface area (Å²) in [5.41, 5.74) is 0. The Bertz CT molecular complexity index is 206. The summed E-state index contributed by atoms with van der Waals surface area (Å²) in [7, 11) is 0. The van der Waals surface area contributed by atoms with E-state index in [1.807, 2.05) is 0 Å². The number of hydrogen-bond acceptors (Lipinski definition) is 1. The van der Waals surface area contributed by atoms with E-state index in [2.05, 4.69) is 11.8 Å². The molecule has 0 aromatic rings. The first kappa shape index (κ1) is 10.0. The van der Waals surface area contributed by atoms with Gasteiger partial charge in [-0.25, -0.2) is 0 Å². The molecule has 2 nitrogen and oxygen atoms in total. The summed E-state index contributed by atoms with van der Waals surface area (Å²) in [5.74, 6) is 0.407. The summed E-state index contributed by atoms with van der Waals surface area (Å²) < 4.78 is 0. The molecule has 1 heterocycles. The minimum Gasteiger partial charge on any atom is -0.337 e. The molecule has 0 aromatic heterocycles. The Balaban J connectivity index is 2.00. The second kappa shape index (κ2) is 4.33. The van der Waals surface area contributed by atoms with Crippen LogP contribution in [0.5, 0.6) is 0 Å². The number of carbonyl (C=O) groups is 1. The van der Waals surface area contributed by atoms with Gasteiger partial charge in [-0.3, -0.25) is 4.79 Å². The minimum absolute atomic E-state index is 0.407. The number of rotatable bonds is 1. The highest BCUT2D eigenvalue weighted by molar-refractivity contribution is 5.79. The Morgan fingerprint density at radius 2 is 1.71 bits per heavy atom.